The zero-order valence-corrected chi connectivity index (χ0v) is 19.7. The molecule has 0 bridgehead atoms. The first kappa shape index (κ1) is 22.2. The molecule has 2 fully saturated rings. The minimum Gasteiger partial charge on any atom is -0.457 e. The van der Waals surface area contributed by atoms with E-state index in [2.05, 4.69) is 6.08 Å². The van der Waals surface area contributed by atoms with Crippen molar-refractivity contribution in [3.8, 4) is 0 Å². The molecular formula is C27H31NO4S. The quantitative estimate of drug-likeness (QED) is 0.418. The highest BCUT2D eigenvalue weighted by molar-refractivity contribution is 7.92. The van der Waals surface area contributed by atoms with E-state index < -0.39 is 15.4 Å². The Morgan fingerprint density at radius 1 is 0.879 bits per heavy atom. The molecule has 2 saturated carbocycles. The summed E-state index contributed by atoms with van der Waals surface area (Å²) in [5.41, 5.74) is 0.807. The van der Waals surface area contributed by atoms with Gasteiger partial charge < -0.3 is 4.74 Å². The molecule has 0 aromatic heterocycles. The first-order valence-corrected chi connectivity index (χ1v) is 13.5. The molecule has 6 heteroatoms. The van der Waals surface area contributed by atoms with Crippen LogP contribution in [0.25, 0.3) is 0 Å². The highest BCUT2D eigenvalue weighted by Gasteiger charge is 2.55. The number of anilines is 1. The second-order valence-electron chi connectivity index (χ2n) is 9.54. The van der Waals surface area contributed by atoms with Gasteiger partial charge in [0.1, 0.15) is 11.5 Å². The van der Waals surface area contributed by atoms with Crippen LogP contribution < -0.4 is 4.31 Å². The maximum absolute atomic E-state index is 13.8. The Labute approximate surface area is 196 Å². The van der Waals surface area contributed by atoms with E-state index in [-0.39, 0.29) is 29.4 Å². The Hall–Kier alpha value is -2.60. The van der Waals surface area contributed by atoms with E-state index in [9.17, 15) is 13.2 Å². The first-order valence-electron chi connectivity index (χ1n) is 12.1. The van der Waals surface area contributed by atoms with Gasteiger partial charge in [-0.15, -0.1) is 0 Å². The van der Waals surface area contributed by atoms with Gasteiger partial charge in [-0.1, -0.05) is 55.3 Å². The van der Waals surface area contributed by atoms with Gasteiger partial charge in [0.15, 0.2) is 0 Å². The molecule has 5 rings (SSSR count). The van der Waals surface area contributed by atoms with Gasteiger partial charge in [-0.3, -0.25) is 9.10 Å². The molecule has 2 unspecified atom stereocenters. The van der Waals surface area contributed by atoms with Gasteiger partial charge in [0.05, 0.1) is 17.1 Å². The molecule has 0 saturated heterocycles. The SMILES string of the molecule is O=C1OC2CCCCCCC2=CC1(CN(c1ccccc1)S(=O)(=O)c1ccccc1)C1CC1. The van der Waals surface area contributed by atoms with E-state index in [0.29, 0.717) is 5.69 Å². The summed E-state index contributed by atoms with van der Waals surface area (Å²) in [5.74, 6) is -0.149. The van der Waals surface area contributed by atoms with Gasteiger partial charge >= 0.3 is 5.97 Å². The van der Waals surface area contributed by atoms with Crippen molar-refractivity contribution in [1.29, 1.82) is 0 Å². The normalized spacial score (nSPS) is 25.8. The smallest absolute Gasteiger partial charge is 0.318 e. The number of para-hydroxylation sites is 1. The molecule has 3 aliphatic rings. The Bertz CT molecular complexity index is 1130. The highest BCUT2D eigenvalue weighted by Crippen LogP contribution is 2.52. The number of esters is 1. The number of carbonyl (C=O) groups excluding carboxylic acids is 1. The van der Waals surface area contributed by atoms with Crippen LogP contribution in [0.4, 0.5) is 5.69 Å². The van der Waals surface area contributed by atoms with Crippen molar-refractivity contribution in [2.45, 2.75) is 62.4 Å². The van der Waals surface area contributed by atoms with Crippen molar-refractivity contribution in [2.75, 3.05) is 10.8 Å². The maximum Gasteiger partial charge on any atom is 0.318 e. The third-order valence-corrected chi connectivity index (χ3v) is 9.04. The second-order valence-corrected chi connectivity index (χ2v) is 11.4. The molecule has 0 spiro atoms. The molecule has 1 heterocycles. The number of hydrogen-bond donors (Lipinski definition) is 0. The lowest BCUT2D eigenvalue weighted by Crippen LogP contribution is -2.50. The number of fused-ring (bicyclic) bond motifs is 1. The minimum atomic E-state index is -3.87. The van der Waals surface area contributed by atoms with Crippen molar-refractivity contribution < 1.29 is 17.9 Å². The van der Waals surface area contributed by atoms with E-state index in [4.69, 9.17) is 4.74 Å². The minimum absolute atomic E-state index is 0.0635. The molecule has 2 atom stereocenters. The van der Waals surface area contributed by atoms with Gasteiger partial charge in [-0.05, 0) is 74.3 Å². The average molecular weight is 466 g/mol. The molecule has 0 N–H and O–H groups in total. The molecular weight excluding hydrogens is 434 g/mol. The molecule has 2 aromatic rings. The number of ether oxygens (including phenoxy) is 1. The molecule has 0 radical (unpaired) electrons. The lowest BCUT2D eigenvalue weighted by atomic mass is 9.76. The number of carbonyl (C=O) groups is 1. The predicted molar refractivity (Wildman–Crippen MR) is 128 cm³/mol. The van der Waals surface area contributed by atoms with Crippen molar-refractivity contribution in [2.24, 2.45) is 11.3 Å². The van der Waals surface area contributed by atoms with Crippen LogP contribution in [-0.2, 0) is 19.6 Å². The Balaban J connectivity index is 1.59. The summed E-state index contributed by atoms with van der Waals surface area (Å²) in [6, 6.07) is 17.6. The standard InChI is InChI=1S/C27H31NO4S/c29-26-27(22-17-18-22,19-21-11-5-1-2-10-16-25(21)32-26)20-28(23-12-6-3-7-13-23)33(30,31)24-14-8-4-9-15-24/h3-4,6-9,12-15,19,22,25H,1-2,5,10-11,16-18,20H2. The van der Waals surface area contributed by atoms with E-state index >= 15 is 0 Å². The van der Waals surface area contributed by atoms with Crippen LogP contribution in [0.5, 0.6) is 0 Å². The molecule has 33 heavy (non-hydrogen) atoms. The van der Waals surface area contributed by atoms with Crippen LogP contribution in [0, 0.1) is 11.3 Å². The largest absolute Gasteiger partial charge is 0.457 e. The average Bonchev–Trinajstić information content (AvgIpc) is 3.67. The molecule has 5 nitrogen and oxygen atoms in total. The van der Waals surface area contributed by atoms with Crippen molar-refractivity contribution in [3.63, 3.8) is 0 Å². The summed E-state index contributed by atoms with van der Waals surface area (Å²) < 4.78 is 35.2. The number of benzene rings is 2. The fraction of sp³-hybridized carbons (Fsp3) is 0.444. The maximum atomic E-state index is 13.8. The summed E-state index contributed by atoms with van der Waals surface area (Å²) in [6.45, 7) is 0.0635. The number of hydrogen-bond acceptors (Lipinski definition) is 4. The molecule has 174 valence electrons. The van der Waals surface area contributed by atoms with Crippen LogP contribution in [-0.4, -0.2) is 27.0 Å². The Morgan fingerprint density at radius 2 is 1.55 bits per heavy atom. The monoisotopic (exact) mass is 465 g/mol. The Morgan fingerprint density at radius 3 is 2.24 bits per heavy atom. The first-order chi connectivity index (χ1) is 16.0. The topological polar surface area (TPSA) is 63.7 Å². The zero-order valence-electron chi connectivity index (χ0n) is 18.9. The van der Waals surface area contributed by atoms with Crippen molar-refractivity contribution in [1.82, 2.24) is 0 Å². The van der Waals surface area contributed by atoms with Crippen LogP contribution in [0.2, 0.25) is 0 Å². The van der Waals surface area contributed by atoms with Gasteiger partial charge in [-0.25, -0.2) is 8.42 Å². The zero-order chi connectivity index (χ0) is 22.9. The summed E-state index contributed by atoms with van der Waals surface area (Å²) in [6.07, 6.45) is 10.1. The number of nitrogens with zero attached hydrogens (tertiary/aromatic N) is 1. The van der Waals surface area contributed by atoms with E-state index in [1.165, 1.54) is 22.7 Å². The van der Waals surface area contributed by atoms with E-state index in [0.717, 1.165) is 38.5 Å². The molecule has 1 aliphatic heterocycles. The molecule has 2 aliphatic carbocycles. The predicted octanol–water partition coefficient (Wildman–Crippen LogP) is 5.48. The Kier molecular flexibility index (Phi) is 6.04. The van der Waals surface area contributed by atoms with Gasteiger partial charge in [0.2, 0.25) is 0 Å². The summed E-state index contributed by atoms with van der Waals surface area (Å²) in [5, 5.41) is 0. The van der Waals surface area contributed by atoms with E-state index in [1.54, 1.807) is 42.5 Å². The van der Waals surface area contributed by atoms with Crippen LogP contribution in [0.15, 0.2) is 77.2 Å². The molecule has 2 aromatic carbocycles. The number of sulfonamides is 1. The third-order valence-electron chi connectivity index (χ3n) is 7.25. The lowest BCUT2D eigenvalue weighted by molar-refractivity contribution is -0.160. The van der Waals surface area contributed by atoms with Crippen LogP contribution >= 0.6 is 0 Å². The molecule has 0 amide bonds. The van der Waals surface area contributed by atoms with Gasteiger partial charge in [-0.2, -0.15) is 0 Å². The fourth-order valence-corrected chi connectivity index (χ4v) is 6.81. The van der Waals surface area contributed by atoms with Crippen molar-refractivity contribution >= 4 is 21.7 Å². The van der Waals surface area contributed by atoms with E-state index in [1.807, 2.05) is 18.2 Å². The number of rotatable bonds is 6. The van der Waals surface area contributed by atoms with Crippen molar-refractivity contribution in [3.05, 3.63) is 72.3 Å². The van der Waals surface area contributed by atoms with Gasteiger partial charge in [0, 0.05) is 0 Å². The van der Waals surface area contributed by atoms with Gasteiger partial charge in [0.25, 0.3) is 10.0 Å². The van der Waals surface area contributed by atoms with Crippen LogP contribution in [0.1, 0.15) is 51.4 Å². The fourth-order valence-electron chi connectivity index (χ4n) is 5.28. The summed E-state index contributed by atoms with van der Waals surface area (Å²) >= 11 is 0. The third kappa shape index (κ3) is 4.33. The lowest BCUT2D eigenvalue weighted by Gasteiger charge is -2.41. The highest BCUT2D eigenvalue weighted by atomic mass is 32.2. The second kappa shape index (κ2) is 8.98. The summed E-state index contributed by atoms with van der Waals surface area (Å²) in [7, 11) is -3.87. The summed E-state index contributed by atoms with van der Waals surface area (Å²) in [4.78, 5) is 13.8. The van der Waals surface area contributed by atoms with Crippen LogP contribution in [0.3, 0.4) is 0 Å².